The number of hydrogen-bond donors (Lipinski definition) is 1. The highest BCUT2D eigenvalue weighted by Crippen LogP contribution is 2.22. The number of amides is 1. The molecule has 0 aliphatic carbocycles. The molecule has 0 radical (unpaired) electrons. The summed E-state index contributed by atoms with van der Waals surface area (Å²) in [6.45, 7) is 0.427. The summed E-state index contributed by atoms with van der Waals surface area (Å²) in [6.07, 6.45) is 0.255. The number of ether oxygens (including phenoxy) is 2. The predicted molar refractivity (Wildman–Crippen MR) is 102 cm³/mol. The number of carbonyl (C=O) groups excluding carboxylic acids is 1. The average molecular weight is 383 g/mol. The molecule has 1 atom stereocenters. The van der Waals surface area contributed by atoms with Crippen LogP contribution in [0.15, 0.2) is 48.5 Å². The zero-order valence-electron chi connectivity index (χ0n) is 15.1. The monoisotopic (exact) mass is 382 g/mol. The van der Waals surface area contributed by atoms with Gasteiger partial charge in [0.05, 0.1) is 6.61 Å². The number of nitrogens with zero attached hydrogens (tertiary/aromatic N) is 1. The lowest BCUT2D eigenvalue weighted by Gasteiger charge is -2.18. The zero-order valence-corrected chi connectivity index (χ0v) is 15.9. The molecule has 1 N–H and O–H groups in total. The molecule has 0 saturated heterocycles. The number of rotatable bonds is 7. The molecule has 0 bridgehead atoms. The molecule has 0 aliphatic heterocycles. The standard InChI is InChI=1S/C19H23FN2O3.ClH/c1-21-18(10-11-24-16-8-5-7-15(20)13-16)14-6-4-9-17(12-14)25-19(23)22(2)3;/h4-9,12-13,18,21H,10-11H2,1-3H3;1H. The molecule has 5 nitrogen and oxygen atoms in total. The van der Waals surface area contributed by atoms with Crippen molar-refractivity contribution in [3.8, 4) is 11.5 Å². The normalized spacial score (nSPS) is 11.2. The molecule has 142 valence electrons. The molecule has 1 unspecified atom stereocenters. The van der Waals surface area contributed by atoms with E-state index in [1.807, 2.05) is 25.2 Å². The molecule has 2 aromatic carbocycles. The fourth-order valence-electron chi connectivity index (χ4n) is 2.32. The van der Waals surface area contributed by atoms with E-state index in [-0.39, 0.29) is 24.3 Å². The summed E-state index contributed by atoms with van der Waals surface area (Å²) in [5.41, 5.74) is 0.981. The highest BCUT2D eigenvalue weighted by Gasteiger charge is 2.12. The van der Waals surface area contributed by atoms with Crippen molar-refractivity contribution in [2.45, 2.75) is 12.5 Å². The molecule has 0 heterocycles. The first-order valence-corrected chi connectivity index (χ1v) is 8.04. The van der Waals surface area contributed by atoms with Crippen LogP contribution in [0.3, 0.4) is 0 Å². The quantitative estimate of drug-likeness (QED) is 0.785. The van der Waals surface area contributed by atoms with Crippen LogP contribution in [0.4, 0.5) is 9.18 Å². The summed E-state index contributed by atoms with van der Waals surface area (Å²) >= 11 is 0. The van der Waals surface area contributed by atoms with Gasteiger partial charge in [-0.05, 0) is 36.9 Å². The van der Waals surface area contributed by atoms with Crippen LogP contribution < -0.4 is 14.8 Å². The average Bonchev–Trinajstić information content (AvgIpc) is 2.59. The Balaban J connectivity index is 0.00000338. The molecule has 0 fully saturated rings. The van der Waals surface area contributed by atoms with Crippen LogP contribution in [-0.4, -0.2) is 38.7 Å². The number of benzene rings is 2. The highest BCUT2D eigenvalue weighted by molar-refractivity contribution is 5.85. The SMILES string of the molecule is CNC(CCOc1cccc(F)c1)c1cccc(OC(=O)N(C)C)c1.Cl. The van der Waals surface area contributed by atoms with E-state index < -0.39 is 6.09 Å². The van der Waals surface area contributed by atoms with Crippen LogP contribution in [0.25, 0.3) is 0 Å². The van der Waals surface area contributed by atoms with Crippen molar-refractivity contribution < 1.29 is 18.7 Å². The van der Waals surface area contributed by atoms with Crippen LogP contribution in [0.2, 0.25) is 0 Å². The summed E-state index contributed by atoms with van der Waals surface area (Å²) in [4.78, 5) is 13.0. The molecule has 0 aliphatic rings. The van der Waals surface area contributed by atoms with Gasteiger partial charge >= 0.3 is 6.09 Å². The number of nitrogens with one attached hydrogen (secondary N) is 1. The Morgan fingerprint density at radius 2 is 1.85 bits per heavy atom. The van der Waals surface area contributed by atoms with Gasteiger partial charge in [0.2, 0.25) is 0 Å². The third-order valence-electron chi connectivity index (χ3n) is 3.65. The third-order valence-corrected chi connectivity index (χ3v) is 3.65. The molecule has 0 spiro atoms. The second-order valence-corrected chi connectivity index (χ2v) is 5.77. The molecule has 1 amide bonds. The van der Waals surface area contributed by atoms with Crippen molar-refractivity contribution in [1.82, 2.24) is 10.2 Å². The van der Waals surface area contributed by atoms with E-state index in [0.29, 0.717) is 24.5 Å². The van der Waals surface area contributed by atoms with Crippen LogP contribution in [0, 0.1) is 5.82 Å². The van der Waals surface area contributed by atoms with Gasteiger partial charge in [0.1, 0.15) is 17.3 Å². The van der Waals surface area contributed by atoms with Gasteiger partial charge in [-0.2, -0.15) is 0 Å². The number of carbonyl (C=O) groups is 1. The summed E-state index contributed by atoms with van der Waals surface area (Å²) in [5, 5.41) is 3.21. The minimum absolute atomic E-state index is 0. The molecule has 2 rings (SSSR count). The van der Waals surface area contributed by atoms with Crippen molar-refractivity contribution in [2.75, 3.05) is 27.7 Å². The van der Waals surface area contributed by atoms with E-state index in [1.165, 1.54) is 17.0 Å². The van der Waals surface area contributed by atoms with Crippen molar-refractivity contribution in [1.29, 1.82) is 0 Å². The Hall–Kier alpha value is -2.31. The minimum Gasteiger partial charge on any atom is -0.493 e. The molecule has 7 heteroatoms. The van der Waals surface area contributed by atoms with Gasteiger partial charge in [-0.15, -0.1) is 12.4 Å². The van der Waals surface area contributed by atoms with E-state index in [9.17, 15) is 9.18 Å². The van der Waals surface area contributed by atoms with Gasteiger partial charge in [-0.1, -0.05) is 18.2 Å². The van der Waals surface area contributed by atoms with E-state index in [2.05, 4.69) is 5.32 Å². The highest BCUT2D eigenvalue weighted by atomic mass is 35.5. The Bertz CT molecular complexity index is 713. The first-order chi connectivity index (χ1) is 12.0. The van der Waals surface area contributed by atoms with Crippen LogP contribution in [0.1, 0.15) is 18.0 Å². The minimum atomic E-state index is -0.424. The molecular formula is C19H24ClFN2O3. The first kappa shape index (κ1) is 21.7. The van der Waals surface area contributed by atoms with Crippen LogP contribution >= 0.6 is 12.4 Å². The maximum absolute atomic E-state index is 13.2. The predicted octanol–water partition coefficient (Wildman–Crippen LogP) is 4.04. The maximum Gasteiger partial charge on any atom is 0.414 e. The number of hydrogen-bond acceptors (Lipinski definition) is 4. The fraction of sp³-hybridized carbons (Fsp3) is 0.316. The van der Waals surface area contributed by atoms with Gasteiger partial charge < -0.3 is 19.7 Å². The topological polar surface area (TPSA) is 50.8 Å². The second-order valence-electron chi connectivity index (χ2n) is 5.77. The van der Waals surface area contributed by atoms with E-state index >= 15 is 0 Å². The molecule has 26 heavy (non-hydrogen) atoms. The maximum atomic E-state index is 13.2. The van der Waals surface area contributed by atoms with Crippen LogP contribution in [-0.2, 0) is 0 Å². The smallest absolute Gasteiger partial charge is 0.414 e. The Kier molecular flexibility index (Phi) is 8.88. The Morgan fingerprint density at radius 1 is 1.15 bits per heavy atom. The largest absolute Gasteiger partial charge is 0.493 e. The van der Waals surface area contributed by atoms with Gasteiger partial charge in [-0.25, -0.2) is 9.18 Å². The van der Waals surface area contributed by atoms with Gasteiger partial charge in [0.25, 0.3) is 0 Å². The summed E-state index contributed by atoms with van der Waals surface area (Å²) in [7, 11) is 5.12. The van der Waals surface area contributed by atoms with Crippen molar-refractivity contribution >= 4 is 18.5 Å². The Labute approximate surface area is 159 Å². The van der Waals surface area contributed by atoms with Gasteiger partial charge in [0.15, 0.2) is 0 Å². The lowest BCUT2D eigenvalue weighted by Crippen LogP contribution is -2.25. The summed E-state index contributed by atoms with van der Waals surface area (Å²) < 4.78 is 24.0. The second kappa shape index (κ2) is 10.6. The van der Waals surface area contributed by atoms with Gasteiger partial charge in [-0.3, -0.25) is 0 Å². The van der Waals surface area contributed by atoms with E-state index in [1.54, 1.807) is 32.3 Å². The van der Waals surface area contributed by atoms with Crippen molar-refractivity contribution in [2.24, 2.45) is 0 Å². The zero-order chi connectivity index (χ0) is 18.2. The van der Waals surface area contributed by atoms with Crippen molar-refractivity contribution in [3.63, 3.8) is 0 Å². The Morgan fingerprint density at radius 3 is 2.50 bits per heavy atom. The third kappa shape index (κ3) is 6.54. The lowest BCUT2D eigenvalue weighted by atomic mass is 10.0. The molecular weight excluding hydrogens is 359 g/mol. The molecule has 0 saturated carbocycles. The van der Waals surface area contributed by atoms with E-state index in [0.717, 1.165) is 5.56 Å². The number of halogens is 2. The van der Waals surface area contributed by atoms with Gasteiger partial charge in [0, 0.05) is 32.6 Å². The molecule has 2 aromatic rings. The van der Waals surface area contributed by atoms with Crippen molar-refractivity contribution in [3.05, 3.63) is 59.9 Å². The molecule has 0 aromatic heterocycles. The summed E-state index contributed by atoms with van der Waals surface area (Å²) in [6, 6.07) is 13.4. The van der Waals surface area contributed by atoms with Crippen LogP contribution in [0.5, 0.6) is 11.5 Å². The lowest BCUT2D eigenvalue weighted by molar-refractivity contribution is 0.172. The fourth-order valence-corrected chi connectivity index (χ4v) is 2.32. The van der Waals surface area contributed by atoms with E-state index in [4.69, 9.17) is 9.47 Å². The first-order valence-electron chi connectivity index (χ1n) is 8.04. The summed E-state index contributed by atoms with van der Waals surface area (Å²) in [5.74, 6) is 0.670.